The Labute approximate surface area is 264 Å². The summed E-state index contributed by atoms with van der Waals surface area (Å²) in [7, 11) is -4.18. The molecule has 1 fully saturated rings. The Kier molecular flexibility index (Phi) is 11.3. The first-order chi connectivity index (χ1) is 20.6. The Bertz CT molecular complexity index is 1500. The molecule has 0 aromatic heterocycles. The molecule has 4 rings (SSSR count). The van der Waals surface area contributed by atoms with Gasteiger partial charge in [0.25, 0.3) is 10.0 Å². The lowest BCUT2D eigenvalue weighted by Crippen LogP contribution is -2.53. The Morgan fingerprint density at radius 3 is 2.28 bits per heavy atom. The molecule has 230 valence electrons. The van der Waals surface area contributed by atoms with Crippen molar-refractivity contribution in [2.24, 2.45) is 0 Å². The van der Waals surface area contributed by atoms with Crippen molar-refractivity contribution in [2.45, 2.75) is 69.5 Å². The van der Waals surface area contributed by atoms with Crippen molar-refractivity contribution in [3.63, 3.8) is 0 Å². The summed E-state index contributed by atoms with van der Waals surface area (Å²) < 4.78 is 34.5. The van der Waals surface area contributed by atoms with Crippen LogP contribution in [0.3, 0.4) is 0 Å². The van der Waals surface area contributed by atoms with E-state index in [2.05, 4.69) is 5.32 Å². The van der Waals surface area contributed by atoms with Crippen LogP contribution in [0.4, 0.5) is 5.69 Å². The molecule has 1 aliphatic rings. The first kappa shape index (κ1) is 32.6. The molecule has 8 nitrogen and oxygen atoms in total. The predicted molar refractivity (Wildman–Crippen MR) is 170 cm³/mol. The largest absolute Gasteiger partial charge is 0.494 e. The summed E-state index contributed by atoms with van der Waals surface area (Å²) in [5.74, 6) is -0.325. The molecule has 3 aromatic carbocycles. The van der Waals surface area contributed by atoms with Gasteiger partial charge in [-0.15, -0.1) is 0 Å². The lowest BCUT2D eigenvalue weighted by Gasteiger charge is -2.33. The van der Waals surface area contributed by atoms with Crippen molar-refractivity contribution in [3.8, 4) is 5.75 Å². The second kappa shape index (κ2) is 14.9. The van der Waals surface area contributed by atoms with Crippen LogP contribution < -0.4 is 14.4 Å². The monoisotopic (exact) mass is 645 g/mol. The quantitative estimate of drug-likeness (QED) is 0.244. The molecule has 0 aliphatic heterocycles. The van der Waals surface area contributed by atoms with Crippen LogP contribution in [0.2, 0.25) is 10.0 Å². The summed E-state index contributed by atoms with van der Waals surface area (Å²) in [5, 5.41) is 3.87. The molecule has 0 spiro atoms. The van der Waals surface area contributed by atoms with Crippen molar-refractivity contribution >= 4 is 50.7 Å². The van der Waals surface area contributed by atoms with Crippen molar-refractivity contribution in [1.82, 2.24) is 10.2 Å². The Morgan fingerprint density at radius 2 is 1.65 bits per heavy atom. The third-order valence-electron chi connectivity index (χ3n) is 7.52. The number of ether oxygens (including phenoxy) is 1. The molecule has 43 heavy (non-hydrogen) atoms. The molecule has 11 heteroatoms. The minimum absolute atomic E-state index is 0.00277. The number of amides is 2. The number of nitrogens with zero attached hydrogens (tertiary/aromatic N) is 2. The van der Waals surface area contributed by atoms with E-state index in [-0.39, 0.29) is 23.4 Å². The lowest BCUT2D eigenvalue weighted by atomic mass is 9.95. The first-order valence-electron chi connectivity index (χ1n) is 14.4. The van der Waals surface area contributed by atoms with Crippen molar-refractivity contribution < 1.29 is 22.7 Å². The van der Waals surface area contributed by atoms with Gasteiger partial charge in [-0.3, -0.25) is 13.9 Å². The van der Waals surface area contributed by atoms with Crippen LogP contribution in [0, 0.1) is 0 Å². The molecular weight excluding hydrogens is 609 g/mol. The SMILES string of the molecule is CCOc1ccc(S(=O)(=O)N(CC(=O)N(Cc2ccc(Cl)cc2Cl)[C@@H](C)C(=O)NC2CCCCC2)c2ccccc2)cc1. The van der Waals surface area contributed by atoms with Gasteiger partial charge in [-0.05, 0) is 80.8 Å². The number of nitrogens with one attached hydrogen (secondary N) is 1. The van der Waals surface area contributed by atoms with E-state index < -0.39 is 28.5 Å². The summed E-state index contributed by atoms with van der Waals surface area (Å²) in [6.45, 7) is 3.38. The number of anilines is 1. The van der Waals surface area contributed by atoms with Gasteiger partial charge in [0.1, 0.15) is 18.3 Å². The number of rotatable bonds is 12. The van der Waals surface area contributed by atoms with Gasteiger partial charge < -0.3 is 15.0 Å². The maximum atomic E-state index is 14.1. The van der Waals surface area contributed by atoms with E-state index in [0.717, 1.165) is 36.4 Å². The lowest BCUT2D eigenvalue weighted by molar-refractivity contribution is -0.139. The zero-order valence-corrected chi connectivity index (χ0v) is 26.7. The highest BCUT2D eigenvalue weighted by Crippen LogP contribution is 2.27. The van der Waals surface area contributed by atoms with Gasteiger partial charge in [-0.1, -0.05) is 66.7 Å². The Morgan fingerprint density at radius 1 is 0.977 bits per heavy atom. The average Bonchev–Trinajstić information content (AvgIpc) is 3.00. The van der Waals surface area contributed by atoms with E-state index in [1.54, 1.807) is 67.6 Å². The molecule has 2 amide bonds. The van der Waals surface area contributed by atoms with Crippen LogP contribution in [0.1, 0.15) is 51.5 Å². The molecule has 1 N–H and O–H groups in total. The van der Waals surface area contributed by atoms with Gasteiger partial charge in [0, 0.05) is 22.6 Å². The highest BCUT2D eigenvalue weighted by atomic mass is 35.5. The number of hydrogen-bond acceptors (Lipinski definition) is 5. The van der Waals surface area contributed by atoms with Gasteiger partial charge >= 0.3 is 0 Å². The smallest absolute Gasteiger partial charge is 0.264 e. The molecule has 0 bridgehead atoms. The van der Waals surface area contributed by atoms with Crippen LogP contribution in [0.25, 0.3) is 0 Å². The number of para-hydroxylation sites is 1. The highest BCUT2D eigenvalue weighted by Gasteiger charge is 2.33. The maximum absolute atomic E-state index is 14.1. The summed E-state index contributed by atoms with van der Waals surface area (Å²) in [6, 6.07) is 18.5. The second-order valence-corrected chi connectivity index (χ2v) is 13.2. The zero-order valence-electron chi connectivity index (χ0n) is 24.3. The van der Waals surface area contributed by atoms with Crippen molar-refractivity contribution in [3.05, 3.63) is 88.4 Å². The zero-order chi connectivity index (χ0) is 31.0. The predicted octanol–water partition coefficient (Wildman–Crippen LogP) is 6.45. The molecule has 3 aromatic rings. The fourth-order valence-electron chi connectivity index (χ4n) is 5.11. The molecule has 0 heterocycles. The van der Waals surface area contributed by atoms with E-state index in [4.69, 9.17) is 27.9 Å². The standard InChI is InChI=1S/C32H37Cl2N3O5S/c1-3-42-28-16-18-29(19-17-28)43(40,41)37(27-12-8-5-9-13-27)22-31(38)36(21-24-14-15-25(33)20-30(24)34)23(2)32(39)35-26-10-6-4-7-11-26/h5,8-9,12-20,23,26H,3-4,6-7,10-11,21-22H2,1-2H3,(H,35,39)/t23-/m0/s1. The van der Waals surface area contributed by atoms with E-state index in [9.17, 15) is 18.0 Å². The number of benzene rings is 3. The molecule has 1 aliphatic carbocycles. The minimum atomic E-state index is -4.18. The summed E-state index contributed by atoms with van der Waals surface area (Å²) >= 11 is 12.6. The Balaban J connectivity index is 1.67. The van der Waals surface area contributed by atoms with E-state index in [0.29, 0.717) is 33.7 Å². The second-order valence-electron chi connectivity index (χ2n) is 10.5. The fourth-order valence-corrected chi connectivity index (χ4v) is 6.99. The molecule has 0 unspecified atom stereocenters. The van der Waals surface area contributed by atoms with Crippen LogP contribution in [-0.4, -0.2) is 50.4 Å². The number of sulfonamides is 1. The average molecular weight is 647 g/mol. The van der Waals surface area contributed by atoms with Gasteiger partial charge in [0.05, 0.1) is 17.2 Å². The molecule has 0 radical (unpaired) electrons. The Hall–Kier alpha value is -3.27. The first-order valence-corrected chi connectivity index (χ1v) is 16.6. The third kappa shape index (κ3) is 8.43. The normalized spacial score (nSPS) is 14.5. The highest BCUT2D eigenvalue weighted by molar-refractivity contribution is 7.92. The summed E-state index contributed by atoms with van der Waals surface area (Å²) in [5.41, 5.74) is 0.894. The maximum Gasteiger partial charge on any atom is 0.264 e. The van der Waals surface area contributed by atoms with Gasteiger partial charge in [-0.2, -0.15) is 0 Å². The topological polar surface area (TPSA) is 96.0 Å². The third-order valence-corrected chi connectivity index (χ3v) is 9.90. The molecular formula is C32H37Cl2N3O5S. The van der Waals surface area contributed by atoms with E-state index >= 15 is 0 Å². The molecule has 1 atom stereocenters. The van der Waals surface area contributed by atoms with Crippen LogP contribution in [0.15, 0.2) is 77.7 Å². The van der Waals surface area contributed by atoms with Crippen LogP contribution >= 0.6 is 23.2 Å². The number of halogens is 2. The summed E-state index contributed by atoms with van der Waals surface area (Å²) in [6.07, 6.45) is 4.99. The molecule has 0 saturated heterocycles. The fraction of sp³-hybridized carbons (Fsp3) is 0.375. The van der Waals surface area contributed by atoms with E-state index in [1.165, 1.54) is 17.0 Å². The number of hydrogen-bond donors (Lipinski definition) is 1. The summed E-state index contributed by atoms with van der Waals surface area (Å²) in [4.78, 5) is 28.9. The van der Waals surface area contributed by atoms with Gasteiger partial charge in [0.2, 0.25) is 11.8 Å². The van der Waals surface area contributed by atoms with Gasteiger partial charge in [0.15, 0.2) is 0 Å². The van der Waals surface area contributed by atoms with Crippen LogP contribution in [-0.2, 0) is 26.2 Å². The molecule has 1 saturated carbocycles. The minimum Gasteiger partial charge on any atom is -0.494 e. The van der Waals surface area contributed by atoms with Crippen LogP contribution in [0.5, 0.6) is 5.75 Å². The van der Waals surface area contributed by atoms with Gasteiger partial charge in [-0.25, -0.2) is 8.42 Å². The number of carbonyl (C=O) groups is 2. The van der Waals surface area contributed by atoms with Crippen molar-refractivity contribution in [2.75, 3.05) is 17.5 Å². The van der Waals surface area contributed by atoms with E-state index in [1.807, 2.05) is 6.92 Å². The number of carbonyl (C=O) groups excluding carboxylic acids is 2. The van der Waals surface area contributed by atoms with Crippen molar-refractivity contribution in [1.29, 1.82) is 0 Å².